The number of carbonyl (C=O) groups excluding carboxylic acids is 3. The summed E-state index contributed by atoms with van der Waals surface area (Å²) in [5.74, 6) is -0.356. The van der Waals surface area contributed by atoms with Crippen LogP contribution in [0, 0.1) is 0 Å². The van der Waals surface area contributed by atoms with Crippen molar-refractivity contribution in [2.24, 2.45) is 0 Å². The second kappa shape index (κ2) is 9.23. The molecule has 142 valence electrons. The molecule has 0 heterocycles. The van der Waals surface area contributed by atoms with Gasteiger partial charge in [-0.15, -0.1) is 0 Å². The van der Waals surface area contributed by atoms with Crippen LogP contribution in [0.4, 0.5) is 11.4 Å². The van der Waals surface area contributed by atoms with E-state index in [1.807, 2.05) is 0 Å². The van der Waals surface area contributed by atoms with Crippen molar-refractivity contribution in [1.29, 1.82) is 0 Å². The number of rotatable bonds is 7. The van der Waals surface area contributed by atoms with E-state index >= 15 is 0 Å². The van der Waals surface area contributed by atoms with E-state index < -0.39 is 18.5 Å². The van der Waals surface area contributed by atoms with Crippen LogP contribution in [0.25, 0.3) is 0 Å². The van der Waals surface area contributed by atoms with Crippen molar-refractivity contribution >= 4 is 29.2 Å². The van der Waals surface area contributed by atoms with Gasteiger partial charge in [0.25, 0.3) is 5.91 Å². The Morgan fingerprint density at radius 1 is 0.852 bits per heavy atom. The highest BCUT2D eigenvalue weighted by Gasteiger charge is 2.12. The third kappa shape index (κ3) is 5.74. The van der Waals surface area contributed by atoms with E-state index in [0.29, 0.717) is 22.9 Å². The summed E-state index contributed by atoms with van der Waals surface area (Å²) in [6.07, 6.45) is 0. The lowest BCUT2D eigenvalue weighted by Crippen LogP contribution is -2.21. The molecule has 0 fully saturated rings. The number of carbonyl (C=O) groups is 3. The standard InChI is InChI=1S/C19H20N2O6/c1-12(22)20-14-6-4-13(5-7-14)19(24)27-11-18(23)21-15-8-9-16(25-2)17(10-15)26-3/h4-10H,11H2,1-3H3,(H,20,22)(H,21,23). The SMILES string of the molecule is COc1ccc(NC(=O)COC(=O)c2ccc(NC(C)=O)cc2)cc1OC. The highest BCUT2D eigenvalue weighted by molar-refractivity contribution is 5.96. The first-order valence-corrected chi connectivity index (χ1v) is 7.99. The van der Waals surface area contributed by atoms with Crippen molar-refractivity contribution < 1.29 is 28.6 Å². The summed E-state index contributed by atoms with van der Waals surface area (Å²) < 4.78 is 15.3. The Kier molecular flexibility index (Phi) is 6.76. The molecule has 0 aliphatic heterocycles. The zero-order valence-corrected chi connectivity index (χ0v) is 15.2. The average molecular weight is 372 g/mol. The monoisotopic (exact) mass is 372 g/mol. The van der Waals surface area contributed by atoms with Gasteiger partial charge in [-0.2, -0.15) is 0 Å². The van der Waals surface area contributed by atoms with Gasteiger partial charge in [-0.05, 0) is 36.4 Å². The zero-order chi connectivity index (χ0) is 19.8. The second-order valence-corrected chi connectivity index (χ2v) is 5.45. The number of anilines is 2. The Morgan fingerprint density at radius 2 is 1.48 bits per heavy atom. The van der Waals surface area contributed by atoms with Crippen molar-refractivity contribution in [3.05, 3.63) is 48.0 Å². The van der Waals surface area contributed by atoms with Crippen LogP contribution in [0.2, 0.25) is 0 Å². The molecule has 2 N–H and O–H groups in total. The highest BCUT2D eigenvalue weighted by Crippen LogP contribution is 2.29. The maximum atomic E-state index is 12.0. The summed E-state index contributed by atoms with van der Waals surface area (Å²) >= 11 is 0. The zero-order valence-electron chi connectivity index (χ0n) is 15.2. The molecule has 0 saturated carbocycles. The highest BCUT2D eigenvalue weighted by atomic mass is 16.5. The lowest BCUT2D eigenvalue weighted by molar-refractivity contribution is -0.119. The van der Waals surface area contributed by atoms with Crippen molar-refractivity contribution in [2.45, 2.75) is 6.92 Å². The molecule has 0 spiro atoms. The van der Waals surface area contributed by atoms with E-state index in [-0.39, 0.29) is 11.5 Å². The van der Waals surface area contributed by atoms with E-state index in [4.69, 9.17) is 14.2 Å². The number of amides is 2. The fourth-order valence-corrected chi connectivity index (χ4v) is 2.22. The molecule has 0 atom stereocenters. The first kappa shape index (κ1) is 19.8. The van der Waals surface area contributed by atoms with Crippen LogP contribution in [0.15, 0.2) is 42.5 Å². The smallest absolute Gasteiger partial charge is 0.338 e. The second-order valence-electron chi connectivity index (χ2n) is 5.45. The molecular weight excluding hydrogens is 352 g/mol. The van der Waals surface area contributed by atoms with Crippen LogP contribution in [-0.4, -0.2) is 38.6 Å². The molecule has 0 aliphatic rings. The molecule has 2 amide bonds. The molecule has 0 unspecified atom stereocenters. The van der Waals surface area contributed by atoms with Gasteiger partial charge in [-0.25, -0.2) is 4.79 Å². The number of hydrogen-bond acceptors (Lipinski definition) is 6. The summed E-state index contributed by atoms with van der Waals surface area (Å²) in [7, 11) is 3.00. The Bertz CT molecular complexity index is 833. The van der Waals surface area contributed by atoms with Crippen molar-refractivity contribution in [3.8, 4) is 11.5 Å². The molecule has 2 aromatic carbocycles. The number of methoxy groups -OCH3 is 2. The van der Waals surface area contributed by atoms with E-state index in [1.165, 1.54) is 33.3 Å². The van der Waals surface area contributed by atoms with Gasteiger partial charge in [-0.1, -0.05) is 0 Å². The third-order valence-electron chi connectivity index (χ3n) is 3.44. The predicted octanol–water partition coefficient (Wildman–Crippen LogP) is 2.46. The molecule has 2 aromatic rings. The lowest BCUT2D eigenvalue weighted by atomic mass is 10.2. The number of esters is 1. The van der Waals surface area contributed by atoms with Crippen LogP contribution < -0.4 is 20.1 Å². The molecule has 2 rings (SSSR count). The summed E-state index contributed by atoms with van der Waals surface area (Å²) in [6, 6.07) is 11.0. The maximum Gasteiger partial charge on any atom is 0.338 e. The molecule has 0 saturated heterocycles. The first-order chi connectivity index (χ1) is 12.9. The number of nitrogens with one attached hydrogen (secondary N) is 2. The molecule has 0 aliphatic carbocycles. The molecule has 0 radical (unpaired) electrons. The van der Waals surface area contributed by atoms with Gasteiger partial charge in [0.1, 0.15) is 0 Å². The van der Waals surface area contributed by atoms with Crippen molar-refractivity contribution in [2.75, 3.05) is 31.5 Å². The molecular formula is C19H20N2O6. The van der Waals surface area contributed by atoms with Gasteiger partial charge in [0.2, 0.25) is 5.91 Å². The quantitative estimate of drug-likeness (QED) is 0.724. The van der Waals surface area contributed by atoms with E-state index in [2.05, 4.69) is 10.6 Å². The van der Waals surface area contributed by atoms with Crippen LogP contribution >= 0.6 is 0 Å². The summed E-state index contributed by atoms with van der Waals surface area (Å²) in [5.41, 5.74) is 1.31. The van der Waals surface area contributed by atoms with Gasteiger partial charge in [-0.3, -0.25) is 9.59 Å². The van der Waals surface area contributed by atoms with Gasteiger partial charge in [0.05, 0.1) is 19.8 Å². The molecule has 8 nitrogen and oxygen atoms in total. The lowest BCUT2D eigenvalue weighted by Gasteiger charge is -2.11. The fraction of sp³-hybridized carbons (Fsp3) is 0.211. The van der Waals surface area contributed by atoms with Crippen LogP contribution in [0.1, 0.15) is 17.3 Å². The number of benzene rings is 2. The number of ether oxygens (including phenoxy) is 3. The number of hydrogen-bond donors (Lipinski definition) is 2. The largest absolute Gasteiger partial charge is 0.493 e. The fourth-order valence-electron chi connectivity index (χ4n) is 2.22. The topological polar surface area (TPSA) is 103 Å². The van der Waals surface area contributed by atoms with Gasteiger partial charge < -0.3 is 24.8 Å². The van der Waals surface area contributed by atoms with Gasteiger partial charge in [0.15, 0.2) is 18.1 Å². The van der Waals surface area contributed by atoms with Gasteiger partial charge >= 0.3 is 5.97 Å². The Hall–Kier alpha value is -3.55. The molecule has 8 heteroatoms. The maximum absolute atomic E-state index is 12.0. The van der Waals surface area contributed by atoms with Crippen LogP contribution in [-0.2, 0) is 14.3 Å². The normalized spacial score (nSPS) is 9.89. The summed E-state index contributed by atoms with van der Waals surface area (Å²) in [6.45, 7) is 0.944. The van der Waals surface area contributed by atoms with E-state index in [0.717, 1.165) is 0 Å². The van der Waals surface area contributed by atoms with E-state index in [9.17, 15) is 14.4 Å². The minimum atomic E-state index is -0.646. The third-order valence-corrected chi connectivity index (χ3v) is 3.44. The minimum Gasteiger partial charge on any atom is -0.493 e. The van der Waals surface area contributed by atoms with Crippen LogP contribution in [0.5, 0.6) is 11.5 Å². The molecule has 0 bridgehead atoms. The molecule has 27 heavy (non-hydrogen) atoms. The van der Waals surface area contributed by atoms with E-state index in [1.54, 1.807) is 30.3 Å². The minimum absolute atomic E-state index is 0.211. The Morgan fingerprint density at radius 3 is 2.07 bits per heavy atom. The summed E-state index contributed by atoms with van der Waals surface area (Å²) in [5, 5.41) is 5.20. The summed E-state index contributed by atoms with van der Waals surface area (Å²) in [4.78, 5) is 34.9. The predicted molar refractivity (Wildman–Crippen MR) is 99.2 cm³/mol. The van der Waals surface area contributed by atoms with Crippen LogP contribution in [0.3, 0.4) is 0 Å². The average Bonchev–Trinajstić information content (AvgIpc) is 2.66. The van der Waals surface area contributed by atoms with Crippen molar-refractivity contribution in [3.63, 3.8) is 0 Å². The Balaban J connectivity index is 1.89. The van der Waals surface area contributed by atoms with Crippen molar-refractivity contribution in [1.82, 2.24) is 0 Å². The molecule has 0 aromatic heterocycles. The first-order valence-electron chi connectivity index (χ1n) is 7.99. The Labute approximate surface area is 156 Å². The van der Waals surface area contributed by atoms with Gasteiger partial charge in [0, 0.05) is 24.4 Å².